The third-order valence-electron chi connectivity index (χ3n) is 9.59. The van der Waals surface area contributed by atoms with Crippen molar-refractivity contribution in [1.82, 2.24) is 24.6 Å². The van der Waals surface area contributed by atoms with Gasteiger partial charge in [0.1, 0.15) is 22.8 Å². The highest BCUT2D eigenvalue weighted by atomic mass is 32.2. The normalized spacial score (nSPS) is 20.8. The van der Waals surface area contributed by atoms with Crippen LogP contribution in [0, 0.1) is 11.3 Å². The molecule has 1 atom stereocenters. The first-order valence-electron chi connectivity index (χ1n) is 15.2. The van der Waals surface area contributed by atoms with E-state index in [4.69, 9.17) is 15.5 Å². The number of fused-ring (bicyclic) bond motifs is 2. The lowest BCUT2D eigenvalue weighted by atomic mass is 9.73. The maximum absolute atomic E-state index is 13.3. The standard InChI is InChI=1S/C33H42N6O3S/c1-21-13-28-27(17-33(21,2)3)31(37-20-36-28)24-9-12-42-29-6-5-23(14-25(29)15-24)26-16-30(32(34)35-19-26)43(40,41)38-18-22-7-10-39(4)11-8-22/h5-6,13-14,16,19-20,22,24,38H,7-12,15,17-18H2,1-4H3,(H2,34,35). The summed E-state index contributed by atoms with van der Waals surface area (Å²) in [7, 11) is -1.73. The summed E-state index contributed by atoms with van der Waals surface area (Å²) in [5.41, 5.74) is 13.5. The molecule has 1 unspecified atom stereocenters. The fourth-order valence-electron chi connectivity index (χ4n) is 6.45. The molecule has 3 aromatic rings. The van der Waals surface area contributed by atoms with Crippen LogP contribution < -0.4 is 15.2 Å². The zero-order chi connectivity index (χ0) is 30.4. The van der Waals surface area contributed by atoms with Crippen LogP contribution in [0.4, 0.5) is 5.82 Å². The minimum absolute atomic E-state index is 0.00136. The van der Waals surface area contributed by atoms with Gasteiger partial charge in [-0.2, -0.15) is 0 Å². The van der Waals surface area contributed by atoms with Crippen LogP contribution in [0.15, 0.2) is 47.3 Å². The predicted octanol–water partition coefficient (Wildman–Crippen LogP) is 4.84. The van der Waals surface area contributed by atoms with Crippen LogP contribution >= 0.6 is 0 Å². The van der Waals surface area contributed by atoms with E-state index in [0.717, 1.165) is 73.5 Å². The lowest BCUT2D eigenvalue weighted by molar-refractivity contribution is 0.220. The monoisotopic (exact) mass is 602 g/mol. The van der Waals surface area contributed by atoms with Crippen LogP contribution in [-0.4, -0.2) is 61.6 Å². The number of nitrogens with one attached hydrogen (secondary N) is 1. The molecule has 9 nitrogen and oxygen atoms in total. The first-order valence-corrected chi connectivity index (χ1v) is 16.7. The highest BCUT2D eigenvalue weighted by molar-refractivity contribution is 7.89. The van der Waals surface area contributed by atoms with E-state index in [2.05, 4.69) is 59.6 Å². The number of nitrogens with zero attached hydrogens (tertiary/aromatic N) is 4. The summed E-state index contributed by atoms with van der Waals surface area (Å²) in [6, 6.07) is 7.65. The van der Waals surface area contributed by atoms with E-state index in [1.165, 1.54) is 11.1 Å². The van der Waals surface area contributed by atoms with Crippen molar-refractivity contribution >= 4 is 21.9 Å². The molecular formula is C33H42N6O3S. The molecule has 4 heterocycles. The molecule has 0 bridgehead atoms. The van der Waals surface area contributed by atoms with Gasteiger partial charge in [0.15, 0.2) is 0 Å². The van der Waals surface area contributed by atoms with Crippen molar-refractivity contribution in [3.05, 3.63) is 64.9 Å². The van der Waals surface area contributed by atoms with Crippen LogP contribution in [0.5, 0.6) is 5.75 Å². The molecule has 2 aromatic heterocycles. The van der Waals surface area contributed by atoms with Gasteiger partial charge in [0, 0.05) is 29.8 Å². The second-order valence-electron chi connectivity index (χ2n) is 13.1. The number of hydrogen-bond donors (Lipinski definition) is 2. The van der Waals surface area contributed by atoms with Crippen molar-refractivity contribution in [2.75, 3.05) is 39.0 Å². The highest BCUT2D eigenvalue weighted by Crippen LogP contribution is 2.42. The minimum Gasteiger partial charge on any atom is -0.493 e. The number of aromatic nitrogens is 3. The van der Waals surface area contributed by atoms with Crippen molar-refractivity contribution in [3.8, 4) is 16.9 Å². The van der Waals surface area contributed by atoms with Gasteiger partial charge >= 0.3 is 0 Å². The molecule has 3 N–H and O–H groups in total. The number of nitrogens with two attached hydrogens (primary N) is 1. The topological polar surface area (TPSA) is 123 Å². The number of sulfonamides is 1. The van der Waals surface area contributed by atoms with Crippen LogP contribution in [0.25, 0.3) is 17.2 Å². The molecule has 2 aliphatic heterocycles. The lowest BCUT2D eigenvalue weighted by Crippen LogP contribution is -2.37. The summed E-state index contributed by atoms with van der Waals surface area (Å²) in [6.45, 7) is 9.67. The van der Waals surface area contributed by atoms with Gasteiger partial charge in [-0.3, -0.25) is 0 Å². The third kappa shape index (κ3) is 6.18. The molecular weight excluding hydrogens is 560 g/mol. The molecule has 1 aliphatic carbocycles. The molecule has 0 spiro atoms. The van der Waals surface area contributed by atoms with Crippen LogP contribution in [0.1, 0.15) is 68.5 Å². The van der Waals surface area contributed by atoms with Gasteiger partial charge in [-0.05, 0) is 106 Å². The Bertz CT molecular complexity index is 1660. The SMILES string of the molecule is CC1=Cc2ncnc(C3CCOc4ccc(-c5cnc(N)c(S(=O)(=O)NCC6CCN(C)CC6)c5)cc4C3)c2CC1(C)C. The maximum Gasteiger partial charge on any atom is 0.244 e. The molecule has 1 aromatic carbocycles. The first-order chi connectivity index (χ1) is 20.5. The molecule has 228 valence electrons. The quantitative estimate of drug-likeness (QED) is 0.411. The molecule has 1 saturated heterocycles. The average molecular weight is 603 g/mol. The Morgan fingerprint density at radius 1 is 1.09 bits per heavy atom. The van der Waals surface area contributed by atoms with E-state index in [0.29, 0.717) is 24.6 Å². The van der Waals surface area contributed by atoms with Crippen molar-refractivity contribution in [3.63, 3.8) is 0 Å². The number of pyridine rings is 1. The predicted molar refractivity (Wildman–Crippen MR) is 169 cm³/mol. The number of rotatable bonds is 6. The fraction of sp³-hybridized carbons (Fsp3) is 0.485. The Balaban J connectivity index is 1.26. The maximum atomic E-state index is 13.3. The number of nitrogen functional groups attached to an aromatic ring is 1. The summed E-state index contributed by atoms with van der Waals surface area (Å²) in [5.74, 6) is 1.34. The molecule has 43 heavy (non-hydrogen) atoms. The van der Waals surface area contributed by atoms with E-state index >= 15 is 0 Å². The molecule has 0 radical (unpaired) electrons. The van der Waals surface area contributed by atoms with E-state index in [1.54, 1.807) is 18.6 Å². The second-order valence-corrected chi connectivity index (χ2v) is 14.8. The number of piperidine rings is 1. The zero-order valence-corrected chi connectivity index (χ0v) is 26.4. The number of likely N-dealkylation sites (tertiary alicyclic amines) is 1. The zero-order valence-electron chi connectivity index (χ0n) is 25.6. The molecule has 10 heteroatoms. The van der Waals surface area contributed by atoms with Crippen molar-refractivity contribution in [2.45, 2.75) is 63.7 Å². The third-order valence-corrected chi connectivity index (χ3v) is 11.0. The first kappa shape index (κ1) is 29.7. The molecule has 1 fully saturated rings. The van der Waals surface area contributed by atoms with Gasteiger partial charge < -0.3 is 15.4 Å². The average Bonchev–Trinajstić information content (AvgIpc) is 3.19. The molecule has 0 amide bonds. The summed E-state index contributed by atoms with van der Waals surface area (Å²) in [6.07, 6.45) is 9.99. The fourth-order valence-corrected chi connectivity index (χ4v) is 7.67. The number of hydrogen-bond acceptors (Lipinski definition) is 8. The smallest absolute Gasteiger partial charge is 0.244 e. The Labute approximate surface area is 255 Å². The number of anilines is 1. The largest absolute Gasteiger partial charge is 0.493 e. The number of allylic oxidation sites excluding steroid dienone is 1. The summed E-state index contributed by atoms with van der Waals surface area (Å²) < 4.78 is 35.6. The molecule has 3 aliphatic rings. The Morgan fingerprint density at radius 2 is 1.88 bits per heavy atom. The summed E-state index contributed by atoms with van der Waals surface area (Å²) in [5, 5.41) is 0. The van der Waals surface area contributed by atoms with Crippen molar-refractivity contribution in [2.24, 2.45) is 11.3 Å². The van der Waals surface area contributed by atoms with E-state index in [-0.39, 0.29) is 22.0 Å². The second kappa shape index (κ2) is 11.6. The Hall–Kier alpha value is -3.34. The van der Waals surface area contributed by atoms with Gasteiger partial charge in [-0.15, -0.1) is 0 Å². The molecule has 0 saturated carbocycles. The minimum atomic E-state index is -3.82. The van der Waals surface area contributed by atoms with Crippen LogP contribution in [-0.2, 0) is 22.9 Å². The van der Waals surface area contributed by atoms with Gasteiger partial charge in [0.25, 0.3) is 0 Å². The van der Waals surface area contributed by atoms with E-state index in [9.17, 15) is 8.42 Å². The highest BCUT2D eigenvalue weighted by Gasteiger charge is 2.32. The van der Waals surface area contributed by atoms with Crippen LogP contribution in [0.2, 0.25) is 0 Å². The van der Waals surface area contributed by atoms with Gasteiger partial charge in [0.05, 0.1) is 18.0 Å². The van der Waals surface area contributed by atoms with Gasteiger partial charge in [0.2, 0.25) is 10.0 Å². The summed E-state index contributed by atoms with van der Waals surface area (Å²) >= 11 is 0. The van der Waals surface area contributed by atoms with E-state index < -0.39 is 10.0 Å². The summed E-state index contributed by atoms with van der Waals surface area (Å²) in [4.78, 5) is 16.0. The van der Waals surface area contributed by atoms with Crippen LogP contribution in [0.3, 0.4) is 0 Å². The van der Waals surface area contributed by atoms with Crippen molar-refractivity contribution < 1.29 is 13.2 Å². The lowest BCUT2D eigenvalue weighted by Gasteiger charge is -2.32. The number of benzene rings is 1. The van der Waals surface area contributed by atoms with Crippen molar-refractivity contribution in [1.29, 1.82) is 0 Å². The number of ether oxygens (including phenoxy) is 1. The molecule has 6 rings (SSSR count). The van der Waals surface area contributed by atoms with Gasteiger partial charge in [-0.1, -0.05) is 25.5 Å². The Kier molecular flexibility index (Phi) is 8.04. The van der Waals surface area contributed by atoms with E-state index in [1.807, 2.05) is 12.1 Å². The Morgan fingerprint density at radius 3 is 2.67 bits per heavy atom. The van der Waals surface area contributed by atoms with Gasteiger partial charge in [-0.25, -0.2) is 28.1 Å².